The summed E-state index contributed by atoms with van der Waals surface area (Å²) < 4.78 is 5.30. The Morgan fingerprint density at radius 2 is 1.93 bits per heavy atom. The molecule has 2 N–H and O–H groups in total. The zero-order valence-corrected chi connectivity index (χ0v) is 19.9. The van der Waals surface area contributed by atoms with Crippen molar-refractivity contribution in [3.63, 3.8) is 0 Å². The maximum atomic E-state index is 12.1. The quantitative estimate of drug-likeness (QED) is 0.323. The number of thiophene rings is 1. The van der Waals surface area contributed by atoms with Crippen LogP contribution in [0, 0.1) is 11.5 Å². The summed E-state index contributed by atoms with van der Waals surface area (Å²) in [6.07, 6.45) is -0.582. The van der Waals surface area contributed by atoms with Crippen LogP contribution in [-0.2, 0) is 4.74 Å². The molecular weight excluding hydrogens is 412 g/mol. The lowest BCUT2D eigenvalue weighted by Gasteiger charge is -2.20. The molecule has 0 aliphatic heterocycles. The number of benzene rings is 1. The van der Waals surface area contributed by atoms with E-state index in [1.165, 1.54) is 0 Å². The number of carbonyl (C=O) groups is 1. The minimum atomic E-state index is -1.50. The summed E-state index contributed by atoms with van der Waals surface area (Å²) >= 11 is 1.56. The van der Waals surface area contributed by atoms with Gasteiger partial charge in [-0.2, -0.15) is 0 Å². The van der Waals surface area contributed by atoms with Gasteiger partial charge in [-0.25, -0.2) is 20.2 Å². The largest absolute Gasteiger partial charge is 0.443 e. The predicted molar refractivity (Wildman–Crippen MR) is 126 cm³/mol. The molecule has 8 heteroatoms. The fraction of sp³-hybridized carbons (Fsp3) is 0.318. The summed E-state index contributed by atoms with van der Waals surface area (Å²) in [6, 6.07) is 9.76. The highest BCUT2D eigenvalue weighted by molar-refractivity contribution is 7.13. The lowest BCUT2D eigenvalue weighted by Crippen LogP contribution is -2.36. The molecule has 0 aliphatic rings. The summed E-state index contributed by atoms with van der Waals surface area (Å²) in [4.78, 5) is 22.4. The molecule has 0 bridgehead atoms. The third-order valence-corrected chi connectivity index (χ3v) is 5.44. The maximum absolute atomic E-state index is 12.1. The number of rotatable bonds is 3. The zero-order valence-electron chi connectivity index (χ0n) is 18.1. The van der Waals surface area contributed by atoms with Gasteiger partial charge in [-0.05, 0) is 50.4 Å². The van der Waals surface area contributed by atoms with Gasteiger partial charge >= 0.3 is 6.09 Å². The van der Waals surface area contributed by atoms with Gasteiger partial charge in [0.2, 0.25) is 0 Å². The van der Waals surface area contributed by atoms with E-state index in [0.717, 1.165) is 21.3 Å². The van der Waals surface area contributed by atoms with Crippen molar-refractivity contribution < 1.29 is 9.53 Å². The van der Waals surface area contributed by atoms with E-state index >= 15 is 0 Å². The Morgan fingerprint density at radius 3 is 2.57 bits per heavy atom. The van der Waals surface area contributed by atoms with E-state index < -0.39 is 19.8 Å². The van der Waals surface area contributed by atoms with Crippen LogP contribution in [0.3, 0.4) is 0 Å². The number of amides is 1. The number of ether oxygens (including phenoxy) is 1. The minimum absolute atomic E-state index is 0.492. The molecular formula is C22H26N4O2SSi. The molecule has 1 aromatic carbocycles. The molecule has 0 saturated heterocycles. The molecule has 0 radical (unpaired) electrons. The minimum Gasteiger partial charge on any atom is -0.443 e. The molecule has 0 spiro atoms. The van der Waals surface area contributed by atoms with Gasteiger partial charge in [0.25, 0.3) is 0 Å². The van der Waals surface area contributed by atoms with Crippen molar-refractivity contribution in [3.05, 3.63) is 41.3 Å². The van der Waals surface area contributed by atoms with Crippen molar-refractivity contribution in [2.75, 3.05) is 5.43 Å². The normalized spacial score (nSPS) is 11.5. The lowest BCUT2D eigenvalue weighted by molar-refractivity contribution is 0.0541. The van der Waals surface area contributed by atoms with Crippen LogP contribution < -0.4 is 10.9 Å². The summed E-state index contributed by atoms with van der Waals surface area (Å²) in [5.74, 6) is 4.34. The Kier molecular flexibility index (Phi) is 6.15. The predicted octanol–water partition coefficient (Wildman–Crippen LogP) is 5.44. The SMILES string of the molecule is CC(C)(C)OC(=O)NNc1nc(-c2cccs2)nc2ccc(C#C[Si](C)(C)C)cc12. The van der Waals surface area contributed by atoms with Gasteiger partial charge in [-0.1, -0.05) is 31.6 Å². The molecule has 0 saturated carbocycles. The van der Waals surface area contributed by atoms with E-state index in [2.05, 4.69) is 46.9 Å². The molecule has 2 aromatic heterocycles. The lowest BCUT2D eigenvalue weighted by atomic mass is 10.1. The van der Waals surface area contributed by atoms with Crippen LogP contribution in [0.25, 0.3) is 21.6 Å². The summed E-state index contributed by atoms with van der Waals surface area (Å²) in [6.45, 7) is 12.0. The second-order valence-electron chi connectivity index (χ2n) is 8.86. The second kappa shape index (κ2) is 8.46. The first-order valence-corrected chi connectivity index (χ1v) is 14.0. The number of carbonyl (C=O) groups excluding carboxylic acids is 1. The Balaban J connectivity index is 2.00. The smallest absolute Gasteiger partial charge is 0.426 e. The highest BCUT2D eigenvalue weighted by Crippen LogP contribution is 2.28. The standard InChI is InChI=1S/C22H26N4O2SSi/c1-22(2,3)28-21(27)26-25-19-16-14-15(11-13-30(4,5)6)9-10-17(16)23-20(24-19)18-8-7-12-29-18/h7-10,12,14H,1-6H3,(H,26,27)(H,23,24,25). The van der Waals surface area contributed by atoms with Crippen LogP contribution in [-0.4, -0.2) is 29.7 Å². The number of hydrogen-bond acceptors (Lipinski definition) is 6. The van der Waals surface area contributed by atoms with E-state index in [-0.39, 0.29) is 0 Å². The van der Waals surface area contributed by atoms with Crippen molar-refractivity contribution in [1.29, 1.82) is 0 Å². The molecule has 3 aromatic rings. The highest BCUT2D eigenvalue weighted by atomic mass is 32.1. The second-order valence-corrected chi connectivity index (χ2v) is 14.6. The van der Waals surface area contributed by atoms with E-state index in [1.807, 2.05) is 56.5 Å². The first kappa shape index (κ1) is 21.8. The summed E-state index contributed by atoms with van der Waals surface area (Å²) in [5.41, 5.74) is 9.90. The van der Waals surface area contributed by atoms with E-state index in [9.17, 15) is 4.79 Å². The molecule has 0 fully saturated rings. The molecule has 1 amide bonds. The van der Waals surface area contributed by atoms with Crippen molar-refractivity contribution >= 4 is 42.2 Å². The number of anilines is 1. The van der Waals surface area contributed by atoms with Crippen LogP contribution >= 0.6 is 11.3 Å². The highest BCUT2D eigenvalue weighted by Gasteiger charge is 2.17. The van der Waals surface area contributed by atoms with Crippen molar-refractivity contribution in [2.45, 2.75) is 46.0 Å². The van der Waals surface area contributed by atoms with Gasteiger partial charge in [-0.15, -0.1) is 16.9 Å². The van der Waals surface area contributed by atoms with Crippen molar-refractivity contribution in [2.24, 2.45) is 0 Å². The zero-order chi connectivity index (χ0) is 21.9. The average Bonchev–Trinajstić information content (AvgIpc) is 3.17. The Labute approximate surface area is 182 Å². The molecule has 6 nitrogen and oxygen atoms in total. The van der Waals surface area contributed by atoms with E-state index in [4.69, 9.17) is 9.72 Å². The van der Waals surface area contributed by atoms with Gasteiger partial charge in [-0.3, -0.25) is 5.43 Å². The van der Waals surface area contributed by atoms with Crippen LogP contribution in [0.15, 0.2) is 35.7 Å². The van der Waals surface area contributed by atoms with Crippen molar-refractivity contribution in [1.82, 2.24) is 15.4 Å². The molecule has 2 heterocycles. The first-order valence-electron chi connectivity index (χ1n) is 9.64. The van der Waals surface area contributed by atoms with Crippen LogP contribution in [0.2, 0.25) is 19.6 Å². The number of hydrogen-bond donors (Lipinski definition) is 2. The Bertz CT molecular complexity index is 1120. The monoisotopic (exact) mass is 438 g/mol. The molecule has 0 unspecified atom stereocenters. The Morgan fingerprint density at radius 1 is 1.17 bits per heavy atom. The maximum Gasteiger partial charge on any atom is 0.426 e. The van der Waals surface area contributed by atoms with Crippen LogP contribution in [0.4, 0.5) is 10.6 Å². The van der Waals surface area contributed by atoms with Gasteiger partial charge in [0, 0.05) is 10.9 Å². The molecule has 3 rings (SSSR count). The van der Waals surface area contributed by atoms with Gasteiger partial charge in [0.1, 0.15) is 13.7 Å². The first-order chi connectivity index (χ1) is 14.0. The Hall–Kier alpha value is -2.89. The fourth-order valence-electron chi connectivity index (χ4n) is 2.49. The fourth-order valence-corrected chi connectivity index (χ4v) is 3.67. The number of nitrogens with one attached hydrogen (secondary N) is 2. The summed E-state index contributed by atoms with van der Waals surface area (Å²) in [5, 5.41) is 2.75. The van der Waals surface area contributed by atoms with Gasteiger partial charge in [0.05, 0.1) is 10.4 Å². The number of fused-ring (bicyclic) bond motifs is 1. The van der Waals surface area contributed by atoms with Crippen LogP contribution in [0.5, 0.6) is 0 Å². The van der Waals surface area contributed by atoms with Crippen LogP contribution in [0.1, 0.15) is 26.3 Å². The summed E-state index contributed by atoms with van der Waals surface area (Å²) in [7, 11) is -1.50. The number of hydrazine groups is 1. The van der Waals surface area contributed by atoms with Crippen molar-refractivity contribution in [3.8, 4) is 22.2 Å². The van der Waals surface area contributed by atoms with E-state index in [0.29, 0.717) is 11.6 Å². The number of aromatic nitrogens is 2. The van der Waals surface area contributed by atoms with Gasteiger partial charge < -0.3 is 4.74 Å². The third-order valence-electron chi connectivity index (χ3n) is 3.70. The van der Waals surface area contributed by atoms with Gasteiger partial charge in [0.15, 0.2) is 11.6 Å². The third kappa shape index (κ3) is 6.05. The molecule has 0 aliphatic carbocycles. The molecule has 156 valence electrons. The number of nitrogens with zero attached hydrogens (tertiary/aromatic N) is 2. The van der Waals surface area contributed by atoms with E-state index in [1.54, 1.807) is 11.3 Å². The average molecular weight is 439 g/mol. The topological polar surface area (TPSA) is 76.1 Å². The molecule has 0 atom stereocenters. The molecule has 30 heavy (non-hydrogen) atoms.